The highest BCUT2D eigenvalue weighted by atomic mass is 19.1. The summed E-state index contributed by atoms with van der Waals surface area (Å²) in [5, 5.41) is 0. The summed E-state index contributed by atoms with van der Waals surface area (Å²) < 4.78 is 28.0. The van der Waals surface area contributed by atoms with Gasteiger partial charge < -0.3 is 0 Å². The van der Waals surface area contributed by atoms with Gasteiger partial charge in [-0.25, -0.2) is 8.78 Å². The van der Waals surface area contributed by atoms with Crippen molar-refractivity contribution in [3.05, 3.63) is 95.1 Å². The van der Waals surface area contributed by atoms with Gasteiger partial charge in [0, 0.05) is 38.3 Å². The van der Waals surface area contributed by atoms with Gasteiger partial charge in [-0.3, -0.25) is 9.80 Å². The third-order valence-electron chi connectivity index (χ3n) is 6.02. The fourth-order valence-electron chi connectivity index (χ4n) is 4.61. The van der Waals surface area contributed by atoms with Crippen LogP contribution in [0.2, 0.25) is 0 Å². The molecule has 1 saturated heterocycles. The molecule has 3 aromatic rings. The van der Waals surface area contributed by atoms with E-state index in [4.69, 9.17) is 0 Å². The van der Waals surface area contributed by atoms with Crippen LogP contribution in [0.4, 0.5) is 8.78 Å². The molecule has 0 spiro atoms. The van der Waals surface area contributed by atoms with Gasteiger partial charge >= 0.3 is 0 Å². The standard InChI is InChI=1S/C24H22F2N2/c25-22-10-5-11-23(26)21(22)16-27-12-14-28(15-13-27)24-19-8-3-1-6-17(19)18-7-2-4-9-20(18)24/h1-11,24H,12-16H2. The number of hydrogen-bond donors (Lipinski definition) is 0. The van der Waals surface area contributed by atoms with E-state index in [0.717, 1.165) is 26.2 Å². The summed E-state index contributed by atoms with van der Waals surface area (Å²) in [6.45, 7) is 3.68. The average molecular weight is 376 g/mol. The monoisotopic (exact) mass is 376 g/mol. The minimum Gasteiger partial charge on any atom is -0.296 e. The Balaban J connectivity index is 1.35. The minimum absolute atomic E-state index is 0.174. The molecule has 0 bridgehead atoms. The number of benzene rings is 3. The molecule has 1 heterocycles. The maximum atomic E-state index is 14.0. The van der Waals surface area contributed by atoms with E-state index >= 15 is 0 Å². The van der Waals surface area contributed by atoms with E-state index in [1.54, 1.807) is 0 Å². The summed E-state index contributed by atoms with van der Waals surface area (Å²) in [6, 6.07) is 21.6. The van der Waals surface area contributed by atoms with E-state index in [1.807, 2.05) is 0 Å². The van der Waals surface area contributed by atoms with Crippen LogP contribution >= 0.6 is 0 Å². The first-order valence-corrected chi connectivity index (χ1v) is 9.80. The Morgan fingerprint density at radius 1 is 0.679 bits per heavy atom. The molecule has 142 valence electrons. The summed E-state index contributed by atoms with van der Waals surface area (Å²) in [6.07, 6.45) is 0. The van der Waals surface area contributed by atoms with Crippen LogP contribution in [0, 0.1) is 11.6 Å². The fraction of sp³-hybridized carbons (Fsp3) is 0.250. The highest BCUT2D eigenvalue weighted by Gasteiger charge is 2.34. The van der Waals surface area contributed by atoms with Crippen LogP contribution in [0.25, 0.3) is 11.1 Å². The number of rotatable bonds is 3. The third-order valence-corrected chi connectivity index (χ3v) is 6.02. The van der Waals surface area contributed by atoms with Gasteiger partial charge in [0.2, 0.25) is 0 Å². The van der Waals surface area contributed by atoms with Crippen LogP contribution in [-0.2, 0) is 6.54 Å². The SMILES string of the molecule is Fc1cccc(F)c1CN1CCN(C2c3ccccc3-c3ccccc32)CC1. The lowest BCUT2D eigenvalue weighted by Gasteiger charge is -2.38. The molecular weight excluding hydrogens is 354 g/mol. The Morgan fingerprint density at radius 3 is 1.79 bits per heavy atom. The number of hydrogen-bond acceptors (Lipinski definition) is 2. The molecule has 0 radical (unpaired) electrons. The van der Waals surface area contributed by atoms with Crippen molar-refractivity contribution in [3.63, 3.8) is 0 Å². The molecule has 0 N–H and O–H groups in total. The molecule has 1 aliphatic heterocycles. The molecule has 0 saturated carbocycles. The molecule has 0 aromatic heterocycles. The largest absolute Gasteiger partial charge is 0.296 e. The zero-order valence-electron chi connectivity index (χ0n) is 15.6. The Morgan fingerprint density at radius 2 is 1.21 bits per heavy atom. The number of nitrogens with zero attached hydrogens (tertiary/aromatic N) is 2. The van der Waals surface area contributed by atoms with Crippen molar-refractivity contribution in [1.29, 1.82) is 0 Å². The van der Waals surface area contributed by atoms with Gasteiger partial charge in [0.05, 0.1) is 6.04 Å². The van der Waals surface area contributed by atoms with Crippen molar-refractivity contribution in [2.45, 2.75) is 12.6 Å². The van der Waals surface area contributed by atoms with Crippen LogP contribution < -0.4 is 0 Å². The number of fused-ring (bicyclic) bond motifs is 3. The minimum atomic E-state index is -0.457. The Labute approximate surface area is 164 Å². The van der Waals surface area contributed by atoms with Crippen LogP contribution in [-0.4, -0.2) is 36.0 Å². The van der Waals surface area contributed by atoms with E-state index in [-0.39, 0.29) is 11.6 Å². The van der Waals surface area contributed by atoms with Crippen LogP contribution in [0.3, 0.4) is 0 Å². The molecule has 0 atom stereocenters. The molecule has 3 aromatic carbocycles. The van der Waals surface area contributed by atoms with Crippen LogP contribution in [0.5, 0.6) is 0 Å². The third kappa shape index (κ3) is 2.93. The smallest absolute Gasteiger partial charge is 0.130 e. The molecule has 2 aliphatic rings. The first-order valence-electron chi connectivity index (χ1n) is 9.80. The van der Waals surface area contributed by atoms with Crippen molar-refractivity contribution in [1.82, 2.24) is 9.80 Å². The Bertz CT molecular complexity index is 943. The van der Waals surface area contributed by atoms with Gasteiger partial charge in [-0.15, -0.1) is 0 Å². The van der Waals surface area contributed by atoms with Gasteiger partial charge in [0.1, 0.15) is 11.6 Å². The Kier molecular flexibility index (Phi) is 4.46. The molecule has 2 nitrogen and oxygen atoms in total. The lowest BCUT2D eigenvalue weighted by molar-refractivity contribution is 0.104. The quantitative estimate of drug-likeness (QED) is 0.645. The van der Waals surface area contributed by atoms with Gasteiger partial charge in [-0.2, -0.15) is 0 Å². The van der Waals surface area contributed by atoms with Crippen LogP contribution in [0.15, 0.2) is 66.7 Å². The summed E-state index contributed by atoms with van der Waals surface area (Å²) in [4.78, 5) is 4.64. The second kappa shape index (κ2) is 7.12. The maximum Gasteiger partial charge on any atom is 0.130 e. The molecule has 5 rings (SSSR count). The van der Waals surface area contributed by atoms with Crippen LogP contribution in [0.1, 0.15) is 22.7 Å². The number of piperazine rings is 1. The van der Waals surface area contributed by atoms with Gasteiger partial charge in [-0.1, -0.05) is 54.6 Å². The van der Waals surface area contributed by atoms with E-state index in [0.29, 0.717) is 6.54 Å². The summed E-state index contributed by atoms with van der Waals surface area (Å²) in [7, 11) is 0. The summed E-state index contributed by atoms with van der Waals surface area (Å²) >= 11 is 0. The van der Waals surface area contributed by atoms with Gasteiger partial charge in [0.15, 0.2) is 0 Å². The van der Waals surface area contributed by atoms with Crippen molar-refractivity contribution in [2.24, 2.45) is 0 Å². The molecular formula is C24H22F2N2. The molecule has 0 amide bonds. The zero-order valence-corrected chi connectivity index (χ0v) is 15.6. The van der Waals surface area contributed by atoms with Crippen molar-refractivity contribution >= 4 is 0 Å². The predicted octanol–water partition coefficient (Wildman–Crippen LogP) is 4.85. The molecule has 1 fully saturated rings. The lowest BCUT2D eigenvalue weighted by Crippen LogP contribution is -2.47. The van der Waals surface area contributed by atoms with E-state index in [9.17, 15) is 8.78 Å². The van der Waals surface area contributed by atoms with Crippen molar-refractivity contribution in [3.8, 4) is 11.1 Å². The highest BCUT2D eigenvalue weighted by molar-refractivity contribution is 5.78. The normalized spacial score (nSPS) is 17.5. The van der Waals surface area contributed by atoms with Gasteiger partial charge in [0.25, 0.3) is 0 Å². The number of halogens is 2. The fourth-order valence-corrected chi connectivity index (χ4v) is 4.61. The second-order valence-corrected chi connectivity index (χ2v) is 7.59. The highest BCUT2D eigenvalue weighted by Crippen LogP contribution is 2.46. The van der Waals surface area contributed by atoms with E-state index in [2.05, 4.69) is 58.3 Å². The second-order valence-electron chi connectivity index (χ2n) is 7.59. The first kappa shape index (κ1) is 17.5. The molecule has 4 heteroatoms. The van der Waals surface area contributed by atoms with E-state index < -0.39 is 11.6 Å². The average Bonchev–Trinajstić information content (AvgIpc) is 3.06. The zero-order chi connectivity index (χ0) is 19.1. The molecule has 28 heavy (non-hydrogen) atoms. The summed E-state index contributed by atoms with van der Waals surface area (Å²) in [5.74, 6) is -0.915. The maximum absolute atomic E-state index is 14.0. The van der Waals surface area contributed by atoms with Gasteiger partial charge in [-0.05, 0) is 34.4 Å². The Hall–Kier alpha value is -2.56. The van der Waals surface area contributed by atoms with Crippen molar-refractivity contribution < 1.29 is 8.78 Å². The topological polar surface area (TPSA) is 6.48 Å². The summed E-state index contributed by atoms with van der Waals surface area (Å²) in [5.41, 5.74) is 5.53. The molecule has 1 aliphatic carbocycles. The first-order chi connectivity index (χ1) is 13.7. The predicted molar refractivity (Wildman–Crippen MR) is 107 cm³/mol. The lowest BCUT2D eigenvalue weighted by atomic mass is 10.0. The van der Waals surface area contributed by atoms with Crippen molar-refractivity contribution in [2.75, 3.05) is 26.2 Å². The molecule has 0 unspecified atom stereocenters. The van der Waals surface area contributed by atoms with E-state index in [1.165, 1.54) is 40.5 Å².